The minimum Gasteiger partial charge on any atom is -0.494 e. The molecule has 4 N–H and O–H groups in total. The first-order valence-electron chi connectivity index (χ1n) is 8.60. The fourth-order valence-corrected chi connectivity index (χ4v) is 2.24. The molecule has 4 nitrogen and oxygen atoms in total. The van der Waals surface area contributed by atoms with Crippen LogP contribution in [0.25, 0.3) is 0 Å². The summed E-state index contributed by atoms with van der Waals surface area (Å²) in [6.45, 7) is 8.31. The summed E-state index contributed by atoms with van der Waals surface area (Å²) in [7, 11) is 0. The summed E-state index contributed by atoms with van der Waals surface area (Å²) in [4.78, 5) is 2.28. The molecule has 0 radical (unpaired) electrons. The monoisotopic (exact) mass is 329 g/mol. The quantitative estimate of drug-likeness (QED) is 0.730. The van der Waals surface area contributed by atoms with Crippen LogP contribution >= 0.6 is 0 Å². The van der Waals surface area contributed by atoms with E-state index in [0.29, 0.717) is 19.7 Å². The predicted octanol–water partition coefficient (Wildman–Crippen LogP) is 3.19. The fourth-order valence-electron chi connectivity index (χ4n) is 2.24. The van der Waals surface area contributed by atoms with Gasteiger partial charge in [-0.1, -0.05) is 30.3 Å². The van der Waals surface area contributed by atoms with Gasteiger partial charge in [0.05, 0.1) is 6.61 Å². The predicted molar refractivity (Wildman–Crippen MR) is 104 cm³/mol. The fraction of sp³-hybridized carbons (Fsp3) is 0.400. The molecule has 0 atom stereocenters. The van der Waals surface area contributed by atoms with Crippen LogP contribution in [0.1, 0.15) is 18.9 Å². The Kier molecular flexibility index (Phi) is 10.3. The lowest BCUT2D eigenvalue weighted by Crippen LogP contribution is -2.28. The largest absolute Gasteiger partial charge is 0.494 e. The molecule has 0 bridgehead atoms. The Morgan fingerprint density at radius 3 is 2.29 bits per heavy atom. The Balaban J connectivity index is 0.000000243. The Bertz CT molecular complexity index is 546. The summed E-state index contributed by atoms with van der Waals surface area (Å²) < 4.78 is 5.37. The summed E-state index contributed by atoms with van der Waals surface area (Å²) >= 11 is 0. The minimum absolute atomic E-state index is 0.687. The van der Waals surface area contributed by atoms with Crippen molar-refractivity contribution in [3.05, 3.63) is 60.2 Å². The summed E-state index contributed by atoms with van der Waals surface area (Å²) in [5.41, 5.74) is 13.4. The van der Waals surface area contributed by atoms with Gasteiger partial charge in [0, 0.05) is 25.3 Å². The number of para-hydroxylation sites is 1. The number of likely N-dealkylation sites (N-methyl/N-ethyl adjacent to an activating group) is 1. The highest BCUT2D eigenvalue weighted by Gasteiger charge is 2.01. The van der Waals surface area contributed by atoms with Crippen LogP contribution in [0.4, 0.5) is 5.69 Å². The van der Waals surface area contributed by atoms with Gasteiger partial charge in [0.1, 0.15) is 5.75 Å². The second-order valence-electron chi connectivity index (χ2n) is 5.51. The van der Waals surface area contributed by atoms with E-state index in [-0.39, 0.29) is 0 Å². The molecule has 0 fully saturated rings. The van der Waals surface area contributed by atoms with Crippen molar-refractivity contribution >= 4 is 5.69 Å². The number of hydrogen-bond acceptors (Lipinski definition) is 4. The van der Waals surface area contributed by atoms with Crippen LogP contribution in [0.15, 0.2) is 54.6 Å². The zero-order valence-corrected chi connectivity index (χ0v) is 14.9. The standard InChI is InChI=1S/C11H18N2.C9H13NO/c1-3-13(8-7-12)11-6-4-5-10(2)9-11;10-7-4-8-11-9-5-2-1-3-6-9/h4-6,9H,3,7-8,12H2,1-2H3;1-3,5-6H,4,7-8,10H2. The molecule has 24 heavy (non-hydrogen) atoms. The number of anilines is 1. The van der Waals surface area contributed by atoms with Crippen LogP contribution in [-0.4, -0.2) is 32.8 Å². The van der Waals surface area contributed by atoms with Crippen LogP contribution in [0.5, 0.6) is 5.75 Å². The van der Waals surface area contributed by atoms with Crippen molar-refractivity contribution in [3.63, 3.8) is 0 Å². The highest BCUT2D eigenvalue weighted by molar-refractivity contribution is 5.48. The van der Waals surface area contributed by atoms with Crippen LogP contribution in [0.3, 0.4) is 0 Å². The molecule has 0 saturated heterocycles. The number of ether oxygens (including phenoxy) is 1. The average molecular weight is 329 g/mol. The minimum atomic E-state index is 0.687. The number of rotatable bonds is 8. The van der Waals surface area contributed by atoms with E-state index < -0.39 is 0 Å². The molecule has 4 heteroatoms. The van der Waals surface area contributed by atoms with E-state index >= 15 is 0 Å². The van der Waals surface area contributed by atoms with Gasteiger partial charge in [-0.15, -0.1) is 0 Å². The highest BCUT2D eigenvalue weighted by atomic mass is 16.5. The molecule has 0 saturated carbocycles. The first-order valence-corrected chi connectivity index (χ1v) is 8.60. The molecule has 0 unspecified atom stereocenters. The van der Waals surface area contributed by atoms with Crippen LogP contribution in [0.2, 0.25) is 0 Å². The molecular formula is C20H31N3O. The van der Waals surface area contributed by atoms with Gasteiger partial charge in [0.15, 0.2) is 0 Å². The molecule has 0 aliphatic rings. The topological polar surface area (TPSA) is 64.5 Å². The van der Waals surface area contributed by atoms with Crippen molar-refractivity contribution in [1.82, 2.24) is 0 Å². The molecule has 2 rings (SSSR count). The lowest BCUT2D eigenvalue weighted by atomic mass is 10.2. The van der Waals surface area contributed by atoms with Gasteiger partial charge in [0.25, 0.3) is 0 Å². The number of nitrogens with two attached hydrogens (primary N) is 2. The molecule has 0 aromatic heterocycles. The van der Waals surface area contributed by atoms with Crippen LogP contribution in [-0.2, 0) is 0 Å². The van der Waals surface area contributed by atoms with Crippen molar-refractivity contribution in [2.24, 2.45) is 11.5 Å². The Morgan fingerprint density at radius 1 is 0.958 bits per heavy atom. The van der Waals surface area contributed by atoms with Crippen molar-refractivity contribution in [3.8, 4) is 5.75 Å². The van der Waals surface area contributed by atoms with Crippen molar-refractivity contribution < 1.29 is 4.74 Å². The number of hydrogen-bond donors (Lipinski definition) is 2. The van der Waals surface area contributed by atoms with E-state index in [0.717, 1.165) is 25.3 Å². The second-order valence-corrected chi connectivity index (χ2v) is 5.51. The Hall–Kier alpha value is -2.04. The third-order valence-corrected chi connectivity index (χ3v) is 3.51. The Morgan fingerprint density at radius 2 is 1.71 bits per heavy atom. The van der Waals surface area contributed by atoms with Crippen LogP contribution < -0.4 is 21.1 Å². The van der Waals surface area contributed by atoms with Gasteiger partial charge in [-0.05, 0) is 56.6 Å². The number of benzene rings is 2. The summed E-state index contributed by atoms with van der Waals surface area (Å²) in [5, 5.41) is 0. The van der Waals surface area contributed by atoms with Gasteiger partial charge in [-0.3, -0.25) is 0 Å². The molecule has 132 valence electrons. The second kappa shape index (κ2) is 12.4. The lowest BCUT2D eigenvalue weighted by Gasteiger charge is -2.22. The Labute approximate surface area is 146 Å². The van der Waals surface area contributed by atoms with E-state index in [1.54, 1.807) is 0 Å². The SMILES string of the molecule is CCN(CCN)c1cccc(C)c1.NCCCOc1ccccc1. The first-order chi connectivity index (χ1) is 11.7. The molecular weight excluding hydrogens is 298 g/mol. The maximum atomic E-state index is 5.54. The number of aryl methyl sites for hydroxylation is 1. The maximum Gasteiger partial charge on any atom is 0.119 e. The van der Waals surface area contributed by atoms with Gasteiger partial charge in [0.2, 0.25) is 0 Å². The molecule has 2 aromatic carbocycles. The zero-order chi connectivity index (χ0) is 17.6. The van der Waals surface area contributed by atoms with E-state index in [9.17, 15) is 0 Å². The smallest absolute Gasteiger partial charge is 0.119 e. The lowest BCUT2D eigenvalue weighted by molar-refractivity contribution is 0.313. The van der Waals surface area contributed by atoms with Crippen LogP contribution in [0, 0.1) is 6.92 Å². The van der Waals surface area contributed by atoms with E-state index in [1.165, 1.54) is 11.3 Å². The summed E-state index contributed by atoms with van der Waals surface area (Å²) in [6.07, 6.45) is 0.912. The average Bonchev–Trinajstić information content (AvgIpc) is 2.61. The molecule has 0 aliphatic heterocycles. The van der Waals surface area contributed by atoms with E-state index in [1.807, 2.05) is 30.3 Å². The van der Waals surface area contributed by atoms with Gasteiger partial charge >= 0.3 is 0 Å². The van der Waals surface area contributed by atoms with E-state index in [4.69, 9.17) is 16.2 Å². The summed E-state index contributed by atoms with van der Waals surface area (Å²) in [6, 6.07) is 18.3. The third kappa shape index (κ3) is 7.99. The highest BCUT2D eigenvalue weighted by Crippen LogP contribution is 2.14. The third-order valence-electron chi connectivity index (χ3n) is 3.51. The van der Waals surface area contributed by atoms with Gasteiger partial charge in [-0.2, -0.15) is 0 Å². The molecule has 0 heterocycles. The summed E-state index contributed by atoms with van der Waals surface area (Å²) in [5.74, 6) is 0.918. The zero-order valence-electron chi connectivity index (χ0n) is 14.9. The first kappa shape index (κ1) is 20.0. The van der Waals surface area contributed by atoms with Crippen molar-refractivity contribution in [1.29, 1.82) is 0 Å². The van der Waals surface area contributed by atoms with Crippen molar-refractivity contribution in [2.45, 2.75) is 20.3 Å². The molecule has 0 aliphatic carbocycles. The normalized spacial score (nSPS) is 9.83. The maximum absolute atomic E-state index is 5.54. The van der Waals surface area contributed by atoms with Gasteiger partial charge in [-0.25, -0.2) is 0 Å². The molecule has 2 aromatic rings. The van der Waals surface area contributed by atoms with Crippen molar-refractivity contribution in [2.75, 3.05) is 37.7 Å². The van der Waals surface area contributed by atoms with E-state index in [2.05, 4.69) is 43.0 Å². The molecule has 0 amide bonds. The number of nitrogens with zero attached hydrogens (tertiary/aromatic N) is 1. The van der Waals surface area contributed by atoms with Gasteiger partial charge < -0.3 is 21.1 Å². The molecule has 0 spiro atoms.